The molecule has 1 fully saturated rings. The Morgan fingerprint density at radius 2 is 2.07 bits per heavy atom. The van der Waals surface area contributed by atoms with E-state index in [1.54, 1.807) is 34.2 Å². The highest BCUT2D eigenvalue weighted by atomic mass is 32.2. The first-order valence-electron chi connectivity index (χ1n) is 9.59. The van der Waals surface area contributed by atoms with E-state index < -0.39 is 5.25 Å². The van der Waals surface area contributed by atoms with Gasteiger partial charge in [-0.2, -0.15) is 0 Å². The van der Waals surface area contributed by atoms with Crippen LogP contribution in [0.4, 0.5) is 9.18 Å². The van der Waals surface area contributed by atoms with Crippen LogP contribution in [0.3, 0.4) is 0 Å². The van der Waals surface area contributed by atoms with E-state index in [4.69, 9.17) is 0 Å². The van der Waals surface area contributed by atoms with Crippen LogP contribution in [0.2, 0.25) is 0 Å². The highest BCUT2D eigenvalue weighted by Gasteiger charge is 2.40. The number of rotatable bonds is 5. The lowest BCUT2D eigenvalue weighted by atomic mass is 10.2. The molecule has 1 aromatic heterocycles. The molecule has 2 atom stereocenters. The largest absolute Gasteiger partial charge is 0.349 e. The van der Waals surface area contributed by atoms with Gasteiger partial charge >= 0.3 is 6.03 Å². The SMILES string of the molecule is CC1N=C(N2CCN(Cc3ccc(F)cc3)C2=O)SC1C(=O)NCc1ccncn1. The van der Waals surface area contributed by atoms with Crippen LogP contribution in [0.15, 0.2) is 47.8 Å². The second-order valence-corrected chi connectivity index (χ2v) is 8.20. The minimum Gasteiger partial charge on any atom is -0.349 e. The van der Waals surface area contributed by atoms with Gasteiger partial charge in [0.2, 0.25) is 5.91 Å². The predicted molar refractivity (Wildman–Crippen MR) is 111 cm³/mol. The first-order valence-corrected chi connectivity index (χ1v) is 10.5. The molecule has 10 heteroatoms. The van der Waals surface area contributed by atoms with Crippen molar-refractivity contribution in [2.24, 2.45) is 4.99 Å². The monoisotopic (exact) mass is 428 g/mol. The average molecular weight is 428 g/mol. The third-order valence-corrected chi connectivity index (χ3v) is 6.34. The van der Waals surface area contributed by atoms with Gasteiger partial charge in [0.25, 0.3) is 0 Å². The van der Waals surface area contributed by atoms with Crippen LogP contribution in [0.25, 0.3) is 0 Å². The van der Waals surface area contributed by atoms with Crippen molar-refractivity contribution in [2.45, 2.75) is 31.3 Å². The van der Waals surface area contributed by atoms with Gasteiger partial charge in [0.1, 0.15) is 17.4 Å². The van der Waals surface area contributed by atoms with Crippen molar-refractivity contribution in [3.05, 3.63) is 59.9 Å². The molecule has 0 aliphatic carbocycles. The molecule has 30 heavy (non-hydrogen) atoms. The molecule has 2 aliphatic heterocycles. The Labute approximate surface area is 177 Å². The van der Waals surface area contributed by atoms with Gasteiger partial charge in [-0.15, -0.1) is 0 Å². The summed E-state index contributed by atoms with van der Waals surface area (Å²) in [5.41, 5.74) is 1.59. The van der Waals surface area contributed by atoms with Crippen LogP contribution in [0, 0.1) is 5.82 Å². The summed E-state index contributed by atoms with van der Waals surface area (Å²) in [7, 11) is 0. The summed E-state index contributed by atoms with van der Waals surface area (Å²) >= 11 is 1.31. The lowest BCUT2D eigenvalue weighted by Crippen LogP contribution is -2.37. The Bertz CT molecular complexity index is 956. The maximum absolute atomic E-state index is 13.1. The highest BCUT2D eigenvalue weighted by Crippen LogP contribution is 2.31. The second-order valence-electron chi connectivity index (χ2n) is 7.09. The number of carbonyl (C=O) groups is 2. The van der Waals surface area contributed by atoms with Crippen molar-refractivity contribution >= 4 is 28.9 Å². The van der Waals surface area contributed by atoms with Crippen LogP contribution in [-0.4, -0.2) is 61.3 Å². The number of thioether (sulfide) groups is 1. The average Bonchev–Trinajstić information content (AvgIpc) is 3.31. The minimum absolute atomic E-state index is 0.139. The van der Waals surface area contributed by atoms with Gasteiger partial charge in [-0.25, -0.2) is 19.2 Å². The fourth-order valence-corrected chi connectivity index (χ4v) is 4.51. The van der Waals surface area contributed by atoms with E-state index in [1.165, 1.54) is 30.2 Å². The van der Waals surface area contributed by atoms with E-state index >= 15 is 0 Å². The summed E-state index contributed by atoms with van der Waals surface area (Å²) in [6.07, 6.45) is 3.06. The summed E-state index contributed by atoms with van der Waals surface area (Å²) in [6, 6.07) is 7.47. The van der Waals surface area contributed by atoms with Gasteiger partial charge < -0.3 is 10.2 Å². The predicted octanol–water partition coefficient (Wildman–Crippen LogP) is 2.03. The summed E-state index contributed by atoms with van der Waals surface area (Å²) < 4.78 is 13.1. The fraction of sp³-hybridized carbons (Fsp3) is 0.350. The van der Waals surface area contributed by atoms with E-state index in [2.05, 4.69) is 20.3 Å². The summed E-state index contributed by atoms with van der Waals surface area (Å²) in [6.45, 7) is 3.65. The van der Waals surface area contributed by atoms with Crippen molar-refractivity contribution in [3.63, 3.8) is 0 Å². The van der Waals surface area contributed by atoms with Gasteiger partial charge in [-0.1, -0.05) is 23.9 Å². The standard InChI is InChI=1S/C20H21FN6O2S/c1-13-17(18(28)23-10-16-6-7-22-12-24-16)30-19(25-13)27-9-8-26(20(27)29)11-14-2-4-15(21)5-3-14/h2-7,12-13,17H,8-11H2,1H3,(H,23,28). The van der Waals surface area contributed by atoms with Gasteiger partial charge in [0.15, 0.2) is 5.17 Å². The first kappa shape index (κ1) is 20.3. The number of carbonyl (C=O) groups excluding carboxylic acids is 2. The number of hydrogen-bond acceptors (Lipinski definition) is 6. The third kappa shape index (κ3) is 4.43. The smallest absolute Gasteiger partial charge is 0.326 e. The number of nitrogens with zero attached hydrogens (tertiary/aromatic N) is 5. The van der Waals surface area contributed by atoms with E-state index in [-0.39, 0.29) is 23.8 Å². The highest BCUT2D eigenvalue weighted by molar-refractivity contribution is 8.15. The third-order valence-electron chi connectivity index (χ3n) is 4.94. The second kappa shape index (κ2) is 8.78. The zero-order chi connectivity index (χ0) is 21.1. The molecule has 2 aromatic rings. The molecule has 0 saturated carbocycles. The number of aromatic nitrogens is 2. The molecular formula is C20H21FN6O2S. The molecule has 4 rings (SSSR count). The molecule has 1 saturated heterocycles. The minimum atomic E-state index is -0.402. The molecule has 156 valence electrons. The van der Waals surface area contributed by atoms with Crippen LogP contribution >= 0.6 is 11.8 Å². The zero-order valence-electron chi connectivity index (χ0n) is 16.4. The number of amides is 3. The van der Waals surface area contributed by atoms with Crippen molar-refractivity contribution in [1.29, 1.82) is 0 Å². The number of amidine groups is 1. The van der Waals surface area contributed by atoms with Crippen LogP contribution < -0.4 is 5.32 Å². The van der Waals surface area contributed by atoms with Crippen LogP contribution in [-0.2, 0) is 17.9 Å². The summed E-state index contributed by atoms with van der Waals surface area (Å²) in [4.78, 5) is 41.2. The van der Waals surface area contributed by atoms with Crippen molar-refractivity contribution < 1.29 is 14.0 Å². The van der Waals surface area contributed by atoms with E-state index in [0.29, 0.717) is 31.3 Å². The van der Waals surface area contributed by atoms with Gasteiger partial charge in [0.05, 0.1) is 18.3 Å². The molecule has 0 bridgehead atoms. The van der Waals surface area contributed by atoms with Crippen molar-refractivity contribution in [2.75, 3.05) is 13.1 Å². The van der Waals surface area contributed by atoms with Gasteiger partial charge in [-0.3, -0.25) is 14.7 Å². The molecule has 1 N–H and O–H groups in total. The number of urea groups is 1. The van der Waals surface area contributed by atoms with Crippen LogP contribution in [0.5, 0.6) is 0 Å². The molecule has 3 amide bonds. The lowest BCUT2D eigenvalue weighted by Gasteiger charge is -2.18. The number of aliphatic imine (C=N–C) groups is 1. The molecule has 0 spiro atoms. The van der Waals surface area contributed by atoms with Gasteiger partial charge in [-0.05, 0) is 30.7 Å². The Kier molecular flexibility index (Phi) is 5.93. The normalized spacial score (nSPS) is 21.1. The number of nitrogens with one attached hydrogen (secondary N) is 1. The van der Waals surface area contributed by atoms with E-state index in [9.17, 15) is 14.0 Å². The van der Waals surface area contributed by atoms with Gasteiger partial charge in [0, 0.05) is 25.8 Å². The van der Waals surface area contributed by atoms with E-state index in [1.807, 2.05) is 6.92 Å². The number of halogens is 1. The Morgan fingerprint density at radius 3 is 2.80 bits per heavy atom. The molecule has 8 nitrogen and oxygen atoms in total. The summed E-state index contributed by atoms with van der Waals surface area (Å²) in [5, 5.41) is 3.04. The Balaban J connectivity index is 1.33. The Hall–Kier alpha value is -3.01. The quantitative estimate of drug-likeness (QED) is 0.787. The maximum Gasteiger partial charge on any atom is 0.326 e. The molecule has 2 unspecified atom stereocenters. The molecule has 0 radical (unpaired) electrons. The molecule has 3 heterocycles. The van der Waals surface area contributed by atoms with Crippen molar-refractivity contribution in [3.8, 4) is 0 Å². The maximum atomic E-state index is 13.1. The summed E-state index contributed by atoms with van der Waals surface area (Å²) in [5.74, 6) is -0.442. The lowest BCUT2D eigenvalue weighted by molar-refractivity contribution is -0.120. The fourth-order valence-electron chi connectivity index (χ4n) is 3.31. The Morgan fingerprint density at radius 1 is 1.27 bits per heavy atom. The number of benzene rings is 1. The van der Waals surface area contributed by atoms with Crippen molar-refractivity contribution in [1.82, 2.24) is 25.1 Å². The topological polar surface area (TPSA) is 90.8 Å². The molecule has 1 aromatic carbocycles. The first-order chi connectivity index (χ1) is 14.5. The van der Waals surface area contributed by atoms with E-state index in [0.717, 1.165) is 11.3 Å². The number of hydrogen-bond donors (Lipinski definition) is 1. The molecule has 2 aliphatic rings. The zero-order valence-corrected chi connectivity index (χ0v) is 17.2. The van der Waals surface area contributed by atoms with Crippen LogP contribution in [0.1, 0.15) is 18.2 Å². The molecular weight excluding hydrogens is 407 g/mol.